The van der Waals surface area contributed by atoms with Gasteiger partial charge in [0.05, 0.1) is 40.0 Å². The molecule has 2 aliphatic heterocycles. The second-order valence-electron chi connectivity index (χ2n) is 7.37. The van der Waals surface area contributed by atoms with Crippen molar-refractivity contribution in [2.24, 2.45) is 16.0 Å². The summed E-state index contributed by atoms with van der Waals surface area (Å²) in [5.41, 5.74) is 12.9. The first-order chi connectivity index (χ1) is 13.7. The first kappa shape index (κ1) is 18.8. The fourth-order valence-electron chi connectivity index (χ4n) is 4.51. The van der Waals surface area contributed by atoms with Gasteiger partial charge in [-0.1, -0.05) is 5.11 Å². The Balaban J connectivity index is 1.58. The van der Waals surface area contributed by atoms with Crippen LogP contribution in [0.25, 0.3) is 10.4 Å². The maximum Gasteiger partial charge on any atom is 0.168 e. The van der Waals surface area contributed by atoms with Crippen LogP contribution in [0.1, 0.15) is 30.7 Å². The van der Waals surface area contributed by atoms with Gasteiger partial charge in [0.15, 0.2) is 11.6 Å². The van der Waals surface area contributed by atoms with Crippen LogP contribution < -0.4 is 9.47 Å². The van der Waals surface area contributed by atoms with E-state index in [0.717, 1.165) is 25.0 Å². The number of methoxy groups -OCH3 is 2. The summed E-state index contributed by atoms with van der Waals surface area (Å²) in [5.74, 6) is 0.567. The fourth-order valence-corrected chi connectivity index (χ4v) is 4.51. The largest absolute Gasteiger partial charge is 0.497 e. The Morgan fingerprint density at radius 1 is 1.29 bits per heavy atom. The van der Waals surface area contributed by atoms with Gasteiger partial charge in [0.2, 0.25) is 0 Å². The third kappa shape index (κ3) is 3.23. The molecule has 7 nitrogen and oxygen atoms in total. The number of benzene rings is 1. The molecule has 0 saturated carbocycles. The molecule has 8 heteroatoms. The molecule has 0 aromatic heterocycles. The Hall–Kier alpha value is -2.57. The molecule has 3 aliphatic rings. The third-order valence-corrected chi connectivity index (χ3v) is 5.95. The van der Waals surface area contributed by atoms with Crippen molar-refractivity contribution in [1.29, 1.82) is 0 Å². The predicted octanol–water partition coefficient (Wildman–Crippen LogP) is 4.19. The minimum absolute atomic E-state index is 0.0219. The first-order valence-corrected chi connectivity index (χ1v) is 9.45. The molecule has 0 bridgehead atoms. The number of hydrogen-bond acceptors (Lipinski definition) is 5. The number of halogens is 1. The van der Waals surface area contributed by atoms with Crippen LogP contribution in [0.5, 0.6) is 11.5 Å². The van der Waals surface area contributed by atoms with E-state index < -0.39 is 0 Å². The Morgan fingerprint density at radius 2 is 2.14 bits per heavy atom. The van der Waals surface area contributed by atoms with Crippen LogP contribution in [0.2, 0.25) is 0 Å². The summed E-state index contributed by atoms with van der Waals surface area (Å²) in [5, 5.41) is 3.87. The average Bonchev–Trinajstić information content (AvgIpc) is 3.34. The molecule has 0 N–H and O–H groups in total. The second-order valence-corrected chi connectivity index (χ2v) is 7.37. The minimum Gasteiger partial charge on any atom is -0.497 e. The quantitative estimate of drug-likeness (QED) is 0.432. The minimum atomic E-state index is -0.316. The van der Waals surface area contributed by atoms with Gasteiger partial charge in [-0.15, -0.1) is 0 Å². The summed E-state index contributed by atoms with van der Waals surface area (Å²) in [7, 11) is 3.03. The highest BCUT2D eigenvalue weighted by Crippen LogP contribution is 2.44. The molecular weight excluding hydrogens is 363 g/mol. The molecular formula is C20H23FN4O3. The molecule has 2 unspecified atom stereocenters. The van der Waals surface area contributed by atoms with Gasteiger partial charge in [-0.3, -0.25) is 4.99 Å². The summed E-state index contributed by atoms with van der Waals surface area (Å²) in [6.45, 7) is 1.60. The lowest BCUT2D eigenvalue weighted by Crippen LogP contribution is -2.26. The highest BCUT2D eigenvalue weighted by atomic mass is 19.1. The zero-order valence-electron chi connectivity index (χ0n) is 16.0. The van der Waals surface area contributed by atoms with E-state index in [1.165, 1.54) is 18.3 Å². The van der Waals surface area contributed by atoms with Gasteiger partial charge in [-0.2, -0.15) is 0 Å². The maximum atomic E-state index is 14.9. The van der Waals surface area contributed by atoms with Crippen molar-refractivity contribution in [3.8, 4) is 11.5 Å². The number of nitrogens with zero attached hydrogens (tertiary/aromatic N) is 4. The van der Waals surface area contributed by atoms with Gasteiger partial charge in [0.25, 0.3) is 0 Å². The van der Waals surface area contributed by atoms with Gasteiger partial charge in [0, 0.05) is 22.6 Å². The second kappa shape index (κ2) is 7.81. The molecule has 0 amide bonds. The van der Waals surface area contributed by atoms with Crippen molar-refractivity contribution in [2.75, 3.05) is 34.0 Å². The van der Waals surface area contributed by atoms with E-state index >= 15 is 0 Å². The van der Waals surface area contributed by atoms with Crippen molar-refractivity contribution >= 4 is 5.71 Å². The van der Waals surface area contributed by atoms with E-state index in [4.69, 9.17) is 24.7 Å². The van der Waals surface area contributed by atoms with Crippen LogP contribution in [-0.4, -0.2) is 45.7 Å². The molecule has 3 atom stereocenters. The van der Waals surface area contributed by atoms with E-state index in [0.29, 0.717) is 31.1 Å². The van der Waals surface area contributed by atoms with Crippen molar-refractivity contribution < 1.29 is 18.6 Å². The van der Waals surface area contributed by atoms with Crippen LogP contribution in [0.4, 0.5) is 4.39 Å². The lowest BCUT2D eigenvalue weighted by Gasteiger charge is -2.27. The third-order valence-electron chi connectivity index (χ3n) is 5.95. The molecule has 28 heavy (non-hydrogen) atoms. The molecule has 1 fully saturated rings. The van der Waals surface area contributed by atoms with E-state index in [2.05, 4.69) is 10.0 Å². The predicted molar refractivity (Wildman–Crippen MR) is 103 cm³/mol. The Bertz CT molecular complexity index is 892. The molecule has 0 spiro atoms. The Kier molecular flexibility index (Phi) is 5.24. The molecule has 148 valence electrons. The van der Waals surface area contributed by atoms with Gasteiger partial charge in [-0.25, -0.2) is 4.39 Å². The zero-order chi connectivity index (χ0) is 19.7. The number of aliphatic imine (C=N–C) groups is 1. The maximum absolute atomic E-state index is 14.9. The molecule has 1 aromatic rings. The van der Waals surface area contributed by atoms with Gasteiger partial charge < -0.3 is 14.2 Å². The van der Waals surface area contributed by atoms with Crippen molar-refractivity contribution in [2.45, 2.75) is 31.2 Å². The lowest BCUT2D eigenvalue weighted by atomic mass is 9.77. The van der Waals surface area contributed by atoms with Gasteiger partial charge in [-0.05, 0) is 53.5 Å². The average molecular weight is 386 g/mol. The van der Waals surface area contributed by atoms with Crippen molar-refractivity contribution in [3.05, 3.63) is 45.1 Å². The lowest BCUT2D eigenvalue weighted by molar-refractivity contribution is 0.190. The summed E-state index contributed by atoms with van der Waals surface area (Å²) in [6, 6.07) is 3.14. The van der Waals surface area contributed by atoms with Crippen molar-refractivity contribution in [1.82, 2.24) is 0 Å². The standard InChI is InChI=1S/C20H23FN4O3/c1-26-13-6-15(19(21)18(7-13)27-2)11-3-4-14-12(5-11)8-23-20(14)16-9-28-10-17(16)24-25-22/h6-7,11,16-17H,3-5,8-10H2,1-2H3/t11-,16?,17?/m0/s1. The number of hydrogen-bond donors (Lipinski definition) is 0. The summed E-state index contributed by atoms with van der Waals surface area (Å²) in [4.78, 5) is 7.69. The monoisotopic (exact) mass is 386 g/mol. The number of rotatable bonds is 5. The fraction of sp³-hybridized carbons (Fsp3) is 0.550. The van der Waals surface area contributed by atoms with Crippen LogP contribution in [0.15, 0.2) is 33.4 Å². The van der Waals surface area contributed by atoms with E-state index in [1.54, 1.807) is 19.2 Å². The van der Waals surface area contributed by atoms with Crippen LogP contribution in [0, 0.1) is 11.7 Å². The SMILES string of the molecule is COc1cc(OC)c(F)c([C@H]2CCC3=C(CN=C3C3COCC3N=[N+]=[N-])C2)c1. The van der Waals surface area contributed by atoms with E-state index in [9.17, 15) is 4.39 Å². The highest BCUT2D eigenvalue weighted by Gasteiger charge is 2.38. The summed E-state index contributed by atoms with van der Waals surface area (Å²) >= 11 is 0. The number of allylic oxidation sites excluding steroid dienone is 1. The summed E-state index contributed by atoms with van der Waals surface area (Å²) in [6.07, 6.45) is 2.41. The van der Waals surface area contributed by atoms with Gasteiger partial charge in [0.1, 0.15) is 5.75 Å². The zero-order valence-corrected chi connectivity index (χ0v) is 16.0. The molecule has 0 radical (unpaired) electrons. The van der Waals surface area contributed by atoms with Crippen LogP contribution in [-0.2, 0) is 4.74 Å². The topological polar surface area (TPSA) is 88.8 Å². The Morgan fingerprint density at radius 3 is 2.89 bits per heavy atom. The highest BCUT2D eigenvalue weighted by molar-refractivity contribution is 6.05. The summed E-state index contributed by atoms with van der Waals surface area (Å²) < 4.78 is 30.9. The Labute approximate surface area is 162 Å². The van der Waals surface area contributed by atoms with Crippen LogP contribution >= 0.6 is 0 Å². The number of ether oxygens (including phenoxy) is 3. The molecule has 1 saturated heterocycles. The van der Waals surface area contributed by atoms with E-state index in [1.807, 2.05) is 0 Å². The number of azide groups is 1. The van der Waals surface area contributed by atoms with Gasteiger partial charge >= 0.3 is 0 Å². The normalized spacial score (nSPS) is 26.5. The smallest absolute Gasteiger partial charge is 0.168 e. The first-order valence-electron chi connectivity index (χ1n) is 9.45. The van der Waals surface area contributed by atoms with E-state index in [-0.39, 0.29) is 29.4 Å². The molecule has 1 aromatic carbocycles. The van der Waals surface area contributed by atoms with Crippen molar-refractivity contribution in [3.63, 3.8) is 0 Å². The van der Waals surface area contributed by atoms with Crippen LogP contribution in [0.3, 0.4) is 0 Å². The molecule has 1 aliphatic carbocycles. The molecule has 2 heterocycles. The molecule has 4 rings (SSSR count).